The summed E-state index contributed by atoms with van der Waals surface area (Å²) in [6, 6.07) is 6.25. The van der Waals surface area contributed by atoms with Crippen molar-refractivity contribution in [1.82, 2.24) is 4.98 Å². The van der Waals surface area contributed by atoms with Crippen LogP contribution in [0.3, 0.4) is 0 Å². The first-order valence-electron chi connectivity index (χ1n) is 4.49. The van der Waals surface area contributed by atoms with Gasteiger partial charge in [0.25, 0.3) is 0 Å². The predicted molar refractivity (Wildman–Crippen MR) is 57.4 cm³/mol. The predicted octanol–water partition coefficient (Wildman–Crippen LogP) is 3.69. The third-order valence-electron chi connectivity index (χ3n) is 2.37. The first-order valence-corrected chi connectivity index (χ1v) is 4.87. The van der Waals surface area contributed by atoms with Gasteiger partial charge in [-0.2, -0.15) is 0 Å². The first kappa shape index (κ1) is 8.64. The number of halogens is 1. The zero-order valence-electron chi connectivity index (χ0n) is 7.82. The summed E-state index contributed by atoms with van der Waals surface area (Å²) < 4.78 is 0. The second kappa shape index (κ2) is 3.08. The summed E-state index contributed by atoms with van der Waals surface area (Å²) in [6.45, 7) is 4.16. The second-order valence-corrected chi connectivity index (χ2v) is 3.68. The molecule has 0 spiro atoms. The van der Waals surface area contributed by atoms with Gasteiger partial charge in [0.1, 0.15) is 0 Å². The van der Waals surface area contributed by atoms with E-state index in [1.807, 2.05) is 13.0 Å². The monoisotopic (exact) mass is 193 g/mol. The Labute approximate surface area is 82.7 Å². The van der Waals surface area contributed by atoms with Crippen LogP contribution in [0.2, 0.25) is 5.02 Å². The Hall–Kier alpha value is -0.950. The first-order chi connectivity index (χ1) is 6.22. The molecule has 0 aliphatic rings. The van der Waals surface area contributed by atoms with Gasteiger partial charge in [-0.1, -0.05) is 24.6 Å². The van der Waals surface area contributed by atoms with Gasteiger partial charge in [0, 0.05) is 16.6 Å². The Balaban J connectivity index is 2.76. The van der Waals surface area contributed by atoms with E-state index in [2.05, 4.69) is 24.0 Å². The number of aryl methyl sites for hydroxylation is 2. The number of rotatable bonds is 1. The van der Waals surface area contributed by atoms with Crippen molar-refractivity contribution < 1.29 is 0 Å². The van der Waals surface area contributed by atoms with Gasteiger partial charge in [0.15, 0.2) is 0 Å². The number of nitrogens with one attached hydrogen (secondary N) is 1. The molecule has 1 aromatic carbocycles. The van der Waals surface area contributed by atoms with Gasteiger partial charge >= 0.3 is 0 Å². The highest BCUT2D eigenvalue weighted by molar-refractivity contribution is 6.36. The van der Waals surface area contributed by atoms with E-state index in [1.54, 1.807) is 0 Å². The fourth-order valence-corrected chi connectivity index (χ4v) is 1.75. The summed E-state index contributed by atoms with van der Waals surface area (Å²) >= 11 is 6.18. The van der Waals surface area contributed by atoms with Crippen LogP contribution in [-0.4, -0.2) is 4.98 Å². The molecule has 68 valence electrons. The normalized spacial score (nSPS) is 11.0. The van der Waals surface area contributed by atoms with E-state index in [-0.39, 0.29) is 0 Å². The molecule has 0 fully saturated rings. The van der Waals surface area contributed by atoms with E-state index in [0.717, 1.165) is 27.9 Å². The van der Waals surface area contributed by atoms with Crippen LogP contribution in [0.25, 0.3) is 10.9 Å². The van der Waals surface area contributed by atoms with Crippen LogP contribution in [-0.2, 0) is 6.42 Å². The molecule has 13 heavy (non-hydrogen) atoms. The van der Waals surface area contributed by atoms with Crippen LogP contribution < -0.4 is 0 Å². The summed E-state index contributed by atoms with van der Waals surface area (Å²) in [4.78, 5) is 3.33. The maximum Gasteiger partial charge on any atom is 0.0529 e. The van der Waals surface area contributed by atoms with Crippen molar-refractivity contribution in [2.24, 2.45) is 0 Å². The lowest BCUT2D eigenvalue weighted by Crippen LogP contribution is -1.76. The van der Waals surface area contributed by atoms with Gasteiger partial charge in [-0.25, -0.2) is 0 Å². The molecule has 0 amide bonds. The molecular formula is C11H12ClN. The molecule has 0 aliphatic carbocycles. The largest absolute Gasteiger partial charge is 0.358 e. The molecule has 0 bridgehead atoms. The Kier molecular flexibility index (Phi) is 2.04. The Morgan fingerprint density at radius 1 is 1.38 bits per heavy atom. The molecule has 2 rings (SSSR count). The summed E-state index contributed by atoms with van der Waals surface area (Å²) in [5, 5.41) is 2.01. The average Bonchev–Trinajstić information content (AvgIpc) is 2.55. The Morgan fingerprint density at radius 2 is 2.15 bits per heavy atom. The van der Waals surface area contributed by atoms with Gasteiger partial charge in [0.05, 0.1) is 5.02 Å². The molecule has 1 heterocycles. The zero-order chi connectivity index (χ0) is 9.42. The molecule has 0 saturated heterocycles. The van der Waals surface area contributed by atoms with E-state index < -0.39 is 0 Å². The Morgan fingerprint density at radius 3 is 2.85 bits per heavy atom. The molecule has 1 N–H and O–H groups in total. The minimum Gasteiger partial charge on any atom is -0.358 e. The summed E-state index contributed by atoms with van der Waals surface area (Å²) in [5.74, 6) is 0. The zero-order valence-corrected chi connectivity index (χ0v) is 8.57. The van der Waals surface area contributed by atoms with Crippen LogP contribution in [0.5, 0.6) is 0 Å². The van der Waals surface area contributed by atoms with Crippen molar-refractivity contribution in [3.8, 4) is 0 Å². The maximum atomic E-state index is 6.18. The minimum atomic E-state index is 0.869. The average molecular weight is 194 g/mol. The van der Waals surface area contributed by atoms with Crippen LogP contribution in [0, 0.1) is 6.92 Å². The number of fused-ring (bicyclic) bond motifs is 1. The number of hydrogen-bond acceptors (Lipinski definition) is 0. The van der Waals surface area contributed by atoms with Crippen LogP contribution in [0.15, 0.2) is 18.2 Å². The summed E-state index contributed by atoms with van der Waals surface area (Å²) in [5.41, 5.74) is 3.51. The molecule has 2 heteroatoms. The molecule has 0 atom stereocenters. The minimum absolute atomic E-state index is 0.869. The van der Waals surface area contributed by atoms with E-state index >= 15 is 0 Å². The van der Waals surface area contributed by atoms with Gasteiger partial charge in [-0.3, -0.25) is 0 Å². The Bertz CT molecular complexity index is 443. The molecular weight excluding hydrogens is 182 g/mol. The molecule has 0 aliphatic heterocycles. The highest BCUT2D eigenvalue weighted by atomic mass is 35.5. The molecule has 0 unspecified atom stereocenters. The third kappa shape index (κ3) is 1.33. The smallest absolute Gasteiger partial charge is 0.0529 e. The van der Waals surface area contributed by atoms with Gasteiger partial charge in [-0.05, 0) is 31.0 Å². The van der Waals surface area contributed by atoms with E-state index in [4.69, 9.17) is 11.6 Å². The molecule has 2 aromatic rings. The number of benzene rings is 1. The van der Waals surface area contributed by atoms with Crippen molar-refractivity contribution in [2.75, 3.05) is 0 Å². The van der Waals surface area contributed by atoms with Crippen LogP contribution in [0.1, 0.15) is 18.2 Å². The quantitative estimate of drug-likeness (QED) is 0.711. The summed E-state index contributed by atoms with van der Waals surface area (Å²) in [6.07, 6.45) is 1.02. The third-order valence-corrected chi connectivity index (χ3v) is 2.87. The molecule has 0 saturated carbocycles. The fourth-order valence-electron chi connectivity index (χ4n) is 1.53. The highest BCUT2D eigenvalue weighted by Gasteiger charge is 2.04. The van der Waals surface area contributed by atoms with E-state index in [0.29, 0.717) is 0 Å². The topological polar surface area (TPSA) is 15.8 Å². The van der Waals surface area contributed by atoms with Crippen LogP contribution in [0.4, 0.5) is 0 Å². The van der Waals surface area contributed by atoms with Gasteiger partial charge in [0.2, 0.25) is 0 Å². The lowest BCUT2D eigenvalue weighted by atomic mass is 10.2. The van der Waals surface area contributed by atoms with Crippen LogP contribution >= 0.6 is 11.6 Å². The number of aromatic amines is 1. The SMILES string of the molecule is CCc1cc2c(Cl)c(C)ccc2[nH]1. The van der Waals surface area contributed by atoms with Crippen molar-refractivity contribution in [2.45, 2.75) is 20.3 Å². The standard InChI is InChI=1S/C11H12ClN/c1-3-8-6-9-10(13-8)5-4-7(2)11(9)12/h4-6,13H,3H2,1-2H3. The van der Waals surface area contributed by atoms with E-state index in [1.165, 1.54) is 5.69 Å². The lowest BCUT2D eigenvalue weighted by Gasteiger charge is -1.97. The fraction of sp³-hybridized carbons (Fsp3) is 0.273. The maximum absolute atomic E-state index is 6.18. The molecule has 0 radical (unpaired) electrons. The highest BCUT2D eigenvalue weighted by Crippen LogP contribution is 2.27. The van der Waals surface area contributed by atoms with Crippen molar-refractivity contribution in [1.29, 1.82) is 0 Å². The van der Waals surface area contributed by atoms with Gasteiger partial charge in [-0.15, -0.1) is 0 Å². The van der Waals surface area contributed by atoms with Crippen molar-refractivity contribution >= 4 is 22.5 Å². The van der Waals surface area contributed by atoms with Gasteiger partial charge < -0.3 is 4.98 Å². The molecule has 1 aromatic heterocycles. The van der Waals surface area contributed by atoms with Crippen molar-refractivity contribution in [3.05, 3.63) is 34.5 Å². The number of hydrogen-bond donors (Lipinski definition) is 1. The lowest BCUT2D eigenvalue weighted by molar-refractivity contribution is 1.07. The summed E-state index contributed by atoms with van der Waals surface area (Å²) in [7, 11) is 0. The van der Waals surface area contributed by atoms with Crippen molar-refractivity contribution in [3.63, 3.8) is 0 Å². The number of H-pyrrole nitrogens is 1. The molecule has 1 nitrogen and oxygen atoms in total. The number of aromatic nitrogens is 1. The van der Waals surface area contributed by atoms with E-state index in [9.17, 15) is 0 Å². The second-order valence-electron chi connectivity index (χ2n) is 3.31.